The summed E-state index contributed by atoms with van der Waals surface area (Å²) in [5.74, 6) is -2.36. The van der Waals surface area contributed by atoms with E-state index in [2.05, 4.69) is 16.6 Å². The Morgan fingerprint density at radius 3 is 2.67 bits per heavy atom. The molecule has 0 heterocycles. The molecule has 0 radical (unpaired) electrons. The van der Waals surface area contributed by atoms with Crippen molar-refractivity contribution in [2.75, 3.05) is 13.2 Å². The van der Waals surface area contributed by atoms with Crippen LogP contribution in [0.15, 0.2) is 35.7 Å². The van der Waals surface area contributed by atoms with E-state index in [1.165, 1.54) is 13.0 Å². The normalized spacial score (nSPS) is 12.3. The number of amides is 1. The van der Waals surface area contributed by atoms with E-state index in [4.69, 9.17) is 4.74 Å². The molecule has 1 rings (SSSR count). The summed E-state index contributed by atoms with van der Waals surface area (Å²) in [6.07, 6.45) is 1.30. The third-order valence-electron chi connectivity index (χ3n) is 2.89. The molecule has 2 N–H and O–H groups in total. The molecule has 0 aliphatic rings. The number of benzene rings is 1. The van der Waals surface area contributed by atoms with E-state index in [1.807, 2.05) is 0 Å². The predicted octanol–water partition coefficient (Wildman–Crippen LogP) is 0.971. The molecule has 0 saturated carbocycles. The van der Waals surface area contributed by atoms with Gasteiger partial charge in [-0.05, 0) is 32.0 Å². The number of hydrogen-bond acceptors (Lipinski definition) is 5. The summed E-state index contributed by atoms with van der Waals surface area (Å²) in [5.41, 5.74) is -0.105. The summed E-state index contributed by atoms with van der Waals surface area (Å²) < 4.78 is 44.7. The van der Waals surface area contributed by atoms with Gasteiger partial charge in [0.05, 0.1) is 6.61 Å². The smallest absolute Gasteiger partial charge is 0.328 e. The number of hydrogen-bond donors (Lipinski definition) is 2. The number of nitrogens with one attached hydrogen (secondary N) is 2. The molecule has 7 nitrogen and oxygen atoms in total. The summed E-state index contributed by atoms with van der Waals surface area (Å²) in [6.45, 7) is 6.48. The van der Waals surface area contributed by atoms with Gasteiger partial charge in [-0.1, -0.05) is 6.08 Å². The Balaban J connectivity index is 3.02. The zero-order valence-electron chi connectivity index (χ0n) is 13.3. The van der Waals surface area contributed by atoms with Gasteiger partial charge >= 0.3 is 5.97 Å². The summed E-state index contributed by atoms with van der Waals surface area (Å²) in [6, 6.07) is 1.96. The van der Waals surface area contributed by atoms with Gasteiger partial charge in [0.15, 0.2) is 0 Å². The van der Waals surface area contributed by atoms with Gasteiger partial charge in [0.25, 0.3) is 5.91 Å². The van der Waals surface area contributed by atoms with Crippen LogP contribution in [-0.4, -0.2) is 39.5 Å². The van der Waals surface area contributed by atoms with Crippen molar-refractivity contribution < 1.29 is 27.1 Å². The predicted molar refractivity (Wildman–Crippen MR) is 85.3 cm³/mol. The first kappa shape index (κ1) is 19.8. The van der Waals surface area contributed by atoms with Gasteiger partial charge in [0, 0.05) is 12.1 Å². The summed E-state index contributed by atoms with van der Waals surface area (Å²) in [5, 5.41) is 2.35. The number of carbonyl (C=O) groups is 2. The van der Waals surface area contributed by atoms with Crippen LogP contribution in [-0.2, 0) is 19.6 Å². The number of carbonyl (C=O) groups excluding carboxylic acids is 2. The molecular weight excluding hydrogens is 339 g/mol. The minimum Gasteiger partial charge on any atom is -0.464 e. The first-order valence-corrected chi connectivity index (χ1v) is 8.58. The number of ether oxygens (including phenoxy) is 1. The molecule has 132 valence electrons. The van der Waals surface area contributed by atoms with Crippen molar-refractivity contribution in [2.24, 2.45) is 0 Å². The lowest BCUT2D eigenvalue weighted by Crippen LogP contribution is -2.39. The molecule has 0 aliphatic heterocycles. The molecule has 0 aliphatic carbocycles. The first-order valence-electron chi connectivity index (χ1n) is 7.10. The van der Waals surface area contributed by atoms with E-state index >= 15 is 0 Å². The molecule has 1 aromatic rings. The molecule has 9 heteroatoms. The summed E-state index contributed by atoms with van der Waals surface area (Å²) in [4.78, 5) is 22.9. The van der Waals surface area contributed by atoms with E-state index < -0.39 is 38.7 Å². The Morgan fingerprint density at radius 1 is 1.42 bits per heavy atom. The molecule has 0 saturated heterocycles. The van der Waals surface area contributed by atoms with E-state index in [9.17, 15) is 22.4 Å². The maximum Gasteiger partial charge on any atom is 0.328 e. The summed E-state index contributed by atoms with van der Waals surface area (Å²) in [7, 11) is -4.13. The van der Waals surface area contributed by atoms with Gasteiger partial charge in [-0.25, -0.2) is 22.3 Å². The van der Waals surface area contributed by atoms with Crippen LogP contribution in [0.5, 0.6) is 0 Å². The van der Waals surface area contributed by atoms with E-state index in [0.29, 0.717) is 0 Å². The van der Waals surface area contributed by atoms with Gasteiger partial charge in [-0.15, -0.1) is 6.58 Å². The van der Waals surface area contributed by atoms with Crippen LogP contribution in [0.3, 0.4) is 0 Å². The average molecular weight is 358 g/mol. The van der Waals surface area contributed by atoms with Crippen LogP contribution < -0.4 is 10.0 Å². The quantitative estimate of drug-likeness (QED) is 0.533. The standard InChI is InChI=1S/C15H19FN2O5S/c1-4-8-17-24(21,22)13-9-11(6-7-12(13)16)14(19)18-10(3)15(20)23-5-2/h4,6-7,9-10,17H,1,5,8H2,2-3H3,(H,18,19). The molecule has 1 atom stereocenters. The van der Waals surface area contributed by atoms with Gasteiger partial charge in [0.1, 0.15) is 16.8 Å². The highest BCUT2D eigenvalue weighted by Crippen LogP contribution is 2.16. The Hall–Kier alpha value is -2.26. The lowest BCUT2D eigenvalue weighted by molar-refractivity contribution is -0.144. The van der Waals surface area contributed by atoms with Crippen LogP contribution >= 0.6 is 0 Å². The zero-order valence-corrected chi connectivity index (χ0v) is 14.2. The third kappa shape index (κ3) is 5.14. The van der Waals surface area contributed by atoms with Crippen LogP contribution in [0.2, 0.25) is 0 Å². The highest BCUT2D eigenvalue weighted by molar-refractivity contribution is 7.89. The number of esters is 1. The minimum absolute atomic E-state index is 0.0852. The Bertz CT molecular complexity index is 733. The van der Waals surface area contributed by atoms with Crippen molar-refractivity contribution in [3.05, 3.63) is 42.2 Å². The minimum atomic E-state index is -4.13. The first-order chi connectivity index (χ1) is 11.2. The molecule has 1 amide bonds. The molecule has 0 bridgehead atoms. The Morgan fingerprint density at radius 2 is 2.08 bits per heavy atom. The van der Waals surface area contributed by atoms with Crippen LogP contribution in [0.4, 0.5) is 4.39 Å². The largest absolute Gasteiger partial charge is 0.464 e. The Kier molecular flexibility index (Phi) is 7.05. The van der Waals surface area contributed by atoms with Crippen LogP contribution in [0.25, 0.3) is 0 Å². The molecule has 24 heavy (non-hydrogen) atoms. The number of rotatable bonds is 8. The zero-order chi connectivity index (χ0) is 18.3. The summed E-state index contributed by atoms with van der Waals surface area (Å²) >= 11 is 0. The molecule has 1 aromatic carbocycles. The molecular formula is C15H19FN2O5S. The lowest BCUT2D eigenvalue weighted by Gasteiger charge is -2.13. The molecule has 0 aromatic heterocycles. The second-order valence-electron chi connectivity index (χ2n) is 4.73. The third-order valence-corrected chi connectivity index (χ3v) is 4.33. The maximum atomic E-state index is 13.8. The highest BCUT2D eigenvalue weighted by atomic mass is 32.2. The molecule has 0 spiro atoms. The van der Waals surface area contributed by atoms with Crippen molar-refractivity contribution in [2.45, 2.75) is 24.8 Å². The van der Waals surface area contributed by atoms with Crippen LogP contribution in [0.1, 0.15) is 24.2 Å². The SMILES string of the molecule is C=CCNS(=O)(=O)c1cc(C(=O)NC(C)C(=O)OCC)ccc1F. The Labute approximate surface area is 139 Å². The fourth-order valence-electron chi connectivity index (χ4n) is 1.70. The number of sulfonamides is 1. The van der Waals surface area contributed by atoms with Crippen molar-refractivity contribution in [3.8, 4) is 0 Å². The highest BCUT2D eigenvalue weighted by Gasteiger charge is 2.22. The van der Waals surface area contributed by atoms with Gasteiger partial charge in [-0.2, -0.15) is 0 Å². The van der Waals surface area contributed by atoms with Gasteiger partial charge < -0.3 is 10.1 Å². The number of halogens is 1. The fourth-order valence-corrected chi connectivity index (χ4v) is 2.80. The lowest BCUT2D eigenvalue weighted by atomic mass is 10.2. The van der Waals surface area contributed by atoms with Crippen molar-refractivity contribution in [1.29, 1.82) is 0 Å². The van der Waals surface area contributed by atoms with E-state index in [0.717, 1.165) is 18.2 Å². The van der Waals surface area contributed by atoms with Gasteiger partial charge in [-0.3, -0.25) is 4.79 Å². The second-order valence-corrected chi connectivity index (χ2v) is 6.47. The van der Waals surface area contributed by atoms with E-state index in [-0.39, 0.29) is 18.7 Å². The monoisotopic (exact) mass is 358 g/mol. The average Bonchev–Trinajstić information content (AvgIpc) is 2.53. The molecule has 1 unspecified atom stereocenters. The topological polar surface area (TPSA) is 102 Å². The van der Waals surface area contributed by atoms with Crippen LogP contribution in [0, 0.1) is 5.82 Å². The fraction of sp³-hybridized carbons (Fsp3) is 0.333. The van der Waals surface area contributed by atoms with Crippen molar-refractivity contribution >= 4 is 21.9 Å². The van der Waals surface area contributed by atoms with Crippen molar-refractivity contribution in [3.63, 3.8) is 0 Å². The molecule has 0 fully saturated rings. The van der Waals surface area contributed by atoms with Crippen molar-refractivity contribution in [1.82, 2.24) is 10.0 Å². The second kappa shape index (κ2) is 8.55. The maximum absolute atomic E-state index is 13.8. The van der Waals surface area contributed by atoms with Gasteiger partial charge in [0.2, 0.25) is 10.0 Å². The van der Waals surface area contributed by atoms with E-state index in [1.54, 1.807) is 6.92 Å².